The molecular weight excluding hydrogens is 276 g/mol. The molecule has 1 N–H and O–H groups in total. The maximum atomic E-state index is 12.5. The summed E-state index contributed by atoms with van der Waals surface area (Å²) in [6.45, 7) is 4.25. The van der Waals surface area contributed by atoms with Crippen LogP contribution in [0.15, 0.2) is 47.9 Å². The maximum Gasteiger partial charge on any atom is 0.243 e. The smallest absolute Gasteiger partial charge is 0.243 e. The van der Waals surface area contributed by atoms with Crippen molar-refractivity contribution in [1.82, 2.24) is 9.62 Å². The molecule has 0 aromatic heterocycles. The summed E-state index contributed by atoms with van der Waals surface area (Å²) in [6, 6.07) is 7.58. The van der Waals surface area contributed by atoms with Gasteiger partial charge in [0, 0.05) is 13.1 Å². The number of nitrogens with one attached hydrogen (secondary N) is 1. The summed E-state index contributed by atoms with van der Waals surface area (Å²) in [4.78, 5) is 12.3. The number of nitrogens with zero attached hydrogens (tertiary/aromatic N) is 1. The van der Waals surface area contributed by atoms with Crippen molar-refractivity contribution in [2.24, 2.45) is 0 Å². The summed E-state index contributed by atoms with van der Waals surface area (Å²) in [7, 11) is -3.61. The van der Waals surface area contributed by atoms with Crippen molar-refractivity contribution in [1.29, 1.82) is 0 Å². The minimum absolute atomic E-state index is 0.225. The van der Waals surface area contributed by atoms with Gasteiger partial charge < -0.3 is 5.32 Å². The highest BCUT2D eigenvalue weighted by Crippen LogP contribution is 2.25. The first-order chi connectivity index (χ1) is 9.57. The third kappa shape index (κ3) is 2.91. The van der Waals surface area contributed by atoms with E-state index in [1.54, 1.807) is 36.4 Å². The summed E-state index contributed by atoms with van der Waals surface area (Å²) in [5.74, 6) is -0.262. The van der Waals surface area contributed by atoms with Crippen LogP contribution in [-0.4, -0.2) is 37.8 Å². The number of hydrogen-bond acceptors (Lipinski definition) is 3. The van der Waals surface area contributed by atoms with Crippen LogP contribution in [0.4, 0.5) is 0 Å². The molecule has 1 fully saturated rings. The molecule has 0 radical (unpaired) electrons. The van der Waals surface area contributed by atoms with E-state index in [4.69, 9.17) is 0 Å². The van der Waals surface area contributed by atoms with Crippen molar-refractivity contribution in [3.8, 4) is 0 Å². The topological polar surface area (TPSA) is 66.5 Å². The van der Waals surface area contributed by atoms with Crippen molar-refractivity contribution in [3.63, 3.8) is 0 Å². The summed E-state index contributed by atoms with van der Waals surface area (Å²) >= 11 is 0. The van der Waals surface area contributed by atoms with E-state index in [1.165, 1.54) is 4.31 Å². The number of sulfonamides is 1. The first-order valence-corrected chi connectivity index (χ1v) is 7.97. The van der Waals surface area contributed by atoms with E-state index >= 15 is 0 Å². The number of carbonyl (C=O) groups is 1. The Balaban J connectivity index is 2.22. The van der Waals surface area contributed by atoms with Crippen LogP contribution in [0, 0.1) is 0 Å². The van der Waals surface area contributed by atoms with Crippen molar-refractivity contribution in [2.75, 3.05) is 13.1 Å². The molecule has 5 nitrogen and oxygen atoms in total. The molecular formula is C14H18N2O3S. The van der Waals surface area contributed by atoms with E-state index in [2.05, 4.69) is 11.9 Å². The predicted octanol–water partition coefficient (Wildman–Crippen LogP) is 1.14. The average molecular weight is 294 g/mol. The second kappa shape index (κ2) is 6.19. The van der Waals surface area contributed by atoms with Gasteiger partial charge in [0.25, 0.3) is 0 Å². The first kappa shape index (κ1) is 14.7. The van der Waals surface area contributed by atoms with Gasteiger partial charge in [0.05, 0.1) is 4.90 Å². The Morgan fingerprint density at radius 3 is 2.75 bits per heavy atom. The van der Waals surface area contributed by atoms with Crippen LogP contribution < -0.4 is 5.32 Å². The maximum absolute atomic E-state index is 12.5. The quantitative estimate of drug-likeness (QED) is 0.828. The molecule has 1 aromatic carbocycles. The van der Waals surface area contributed by atoms with E-state index in [0.717, 1.165) is 0 Å². The third-order valence-corrected chi connectivity index (χ3v) is 5.20. The summed E-state index contributed by atoms with van der Waals surface area (Å²) in [6.07, 6.45) is 2.82. The Morgan fingerprint density at radius 1 is 1.40 bits per heavy atom. The molecule has 1 saturated heterocycles. The average Bonchev–Trinajstić information content (AvgIpc) is 2.96. The van der Waals surface area contributed by atoms with Crippen LogP contribution in [-0.2, 0) is 14.8 Å². The molecule has 0 saturated carbocycles. The molecule has 2 rings (SSSR count). The second-order valence-corrected chi connectivity index (χ2v) is 6.51. The zero-order valence-corrected chi connectivity index (χ0v) is 12.0. The van der Waals surface area contributed by atoms with E-state index in [1.807, 2.05) is 0 Å². The van der Waals surface area contributed by atoms with Gasteiger partial charge in [0.2, 0.25) is 15.9 Å². The lowest BCUT2D eigenvalue weighted by Gasteiger charge is -2.23. The Morgan fingerprint density at radius 2 is 2.10 bits per heavy atom. The van der Waals surface area contributed by atoms with E-state index in [-0.39, 0.29) is 10.8 Å². The minimum atomic E-state index is -3.61. The third-order valence-electron chi connectivity index (χ3n) is 3.28. The molecule has 1 aliphatic rings. The van der Waals surface area contributed by atoms with Crippen molar-refractivity contribution in [3.05, 3.63) is 43.0 Å². The molecule has 20 heavy (non-hydrogen) atoms. The predicted molar refractivity (Wildman–Crippen MR) is 76.6 cm³/mol. The van der Waals surface area contributed by atoms with Crippen LogP contribution in [0.25, 0.3) is 0 Å². The highest BCUT2D eigenvalue weighted by molar-refractivity contribution is 7.89. The number of hydrogen-bond donors (Lipinski definition) is 1. The second-order valence-electron chi connectivity index (χ2n) is 4.62. The number of rotatable bonds is 5. The lowest BCUT2D eigenvalue weighted by atomic mass is 10.2. The summed E-state index contributed by atoms with van der Waals surface area (Å²) in [5.41, 5.74) is 0. The van der Waals surface area contributed by atoms with E-state index < -0.39 is 16.1 Å². The minimum Gasteiger partial charge on any atom is -0.351 e. The van der Waals surface area contributed by atoms with Crippen LogP contribution in [0.3, 0.4) is 0 Å². The van der Waals surface area contributed by atoms with Crippen molar-refractivity contribution >= 4 is 15.9 Å². The molecule has 1 aliphatic heterocycles. The zero-order chi connectivity index (χ0) is 14.6. The van der Waals surface area contributed by atoms with Gasteiger partial charge in [0.15, 0.2) is 0 Å². The van der Waals surface area contributed by atoms with Crippen LogP contribution in [0.1, 0.15) is 12.8 Å². The first-order valence-electron chi connectivity index (χ1n) is 6.53. The van der Waals surface area contributed by atoms with Gasteiger partial charge in [0.1, 0.15) is 6.04 Å². The molecule has 6 heteroatoms. The largest absolute Gasteiger partial charge is 0.351 e. The molecule has 0 bridgehead atoms. The lowest BCUT2D eigenvalue weighted by Crippen LogP contribution is -2.45. The summed E-state index contributed by atoms with van der Waals surface area (Å²) in [5, 5.41) is 2.66. The Bertz CT molecular complexity index is 584. The Kier molecular flexibility index (Phi) is 4.57. The Hall–Kier alpha value is -1.66. The van der Waals surface area contributed by atoms with Gasteiger partial charge in [-0.2, -0.15) is 4.31 Å². The van der Waals surface area contributed by atoms with Gasteiger partial charge in [-0.15, -0.1) is 6.58 Å². The number of carbonyl (C=O) groups excluding carboxylic acids is 1. The van der Waals surface area contributed by atoms with Crippen molar-refractivity contribution < 1.29 is 13.2 Å². The highest BCUT2D eigenvalue weighted by atomic mass is 32.2. The SMILES string of the molecule is C=CCNC(=O)C1CCCN1S(=O)(=O)c1ccccc1. The molecule has 1 aromatic rings. The van der Waals surface area contributed by atoms with E-state index in [0.29, 0.717) is 25.9 Å². The monoisotopic (exact) mass is 294 g/mol. The number of amides is 1. The zero-order valence-electron chi connectivity index (χ0n) is 11.2. The summed E-state index contributed by atoms with van der Waals surface area (Å²) < 4.78 is 26.4. The fourth-order valence-electron chi connectivity index (χ4n) is 2.31. The van der Waals surface area contributed by atoms with Gasteiger partial charge in [-0.3, -0.25) is 4.79 Å². The highest BCUT2D eigenvalue weighted by Gasteiger charge is 2.39. The molecule has 0 spiro atoms. The van der Waals surface area contributed by atoms with Crippen LogP contribution in [0.2, 0.25) is 0 Å². The van der Waals surface area contributed by atoms with Gasteiger partial charge in [-0.25, -0.2) is 8.42 Å². The molecule has 108 valence electrons. The lowest BCUT2D eigenvalue weighted by molar-refractivity contribution is -0.123. The van der Waals surface area contributed by atoms with Crippen LogP contribution >= 0.6 is 0 Å². The van der Waals surface area contributed by atoms with Crippen molar-refractivity contribution in [2.45, 2.75) is 23.8 Å². The molecule has 1 amide bonds. The van der Waals surface area contributed by atoms with E-state index in [9.17, 15) is 13.2 Å². The van der Waals surface area contributed by atoms with Gasteiger partial charge >= 0.3 is 0 Å². The normalized spacial score (nSPS) is 19.7. The number of benzene rings is 1. The fraction of sp³-hybridized carbons (Fsp3) is 0.357. The standard InChI is InChI=1S/C14H18N2O3S/c1-2-10-15-14(17)13-9-6-11-16(13)20(18,19)12-7-4-3-5-8-12/h2-5,7-8,13H,1,6,9-11H2,(H,15,17). The fourth-order valence-corrected chi connectivity index (χ4v) is 3.99. The molecule has 0 aliphatic carbocycles. The van der Waals surface area contributed by atoms with Gasteiger partial charge in [-0.1, -0.05) is 24.3 Å². The van der Waals surface area contributed by atoms with Crippen LogP contribution in [0.5, 0.6) is 0 Å². The molecule has 1 heterocycles. The van der Waals surface area contributed by atoms with Gasteiger partial charge in [-0.05, 0) is 25.0 Å². The molecule has 1 atom stereocenters. The molecule has 1 unspecified atom stereocenters. The Labute approximate surface area is 119 Å².